The molecule has 0 aliphatic carbocycles. The average Bonchev–Trinajstić information content (AvgIpc) is 3.29. The van der Waals surface area contributed by atoms with Gasteiger partial charge < -0.3 is 33.5 Å². The van der Waals surface area contributed by atoms with Crippen LogP contribution in [0.15, 0.2) is 30.3 Å². The minimum absolute atomic E-state index is 0.172. The van der Waals surface area contributed by atoms with E-state index in [0.29, 0.717) is 26.1 Å². The molecule has 30 heavy (non-hydrogen) atoms. The second kappa shape index (κ2) is 8.18. The van der Waals surface area contributed by atoms with Crippen LogP contribution in [0.3, 0.4) is 0 Å². The van der Waals surface area contributed by atoms with E-state index >= 15 is 0 Å². The van der Waals surface area contributed by atoms with Gasteiger partial charge in [-0.2, -0.15) is 0 Å². The molecule has 5 unspecified atom stereocenters. The van der Waals surface area contributed by atoms with Gasteiger partial charge in [0.15, 0.2) is 5.79 Å². The molecule has 164 valence electrons. The number of rotatable bonds is 7. The Balaban J connectivity index is 1.21. The average molecular weight is 420 g/mol. The van der Waals surface area contributed by atoms with Gasteiger partial charge in [0.1, 0.15) is 30.5 Å². The fraction of sp³-hybridized carbons (Fsp3) is 0.682. The molecule has 8 atom stereocenters. The summed E-state index contributed by atoms with van der Waals surface area (Å²) in [5, 5.41) is 10.9. The zero-order chi connectivity index (χ0) is 20.7. The molecule has 8 heteroatoms. The molecular formula is C22H28O8. The summed E-state index contributed by atoms with van der Waals surface area (Å²) in [5.41, 5.74) is 1.09. The maximum atomic E-state index is 11.6. The third-order valence-electron chi connectivity index (χ3n) is 6.55. The summed E-state index contributed by atoms with van der Waals surface area (Å²) in [4.78, 5) is 11.6. The van der Waals surface area contributed by atoms with Gasteiger partial charge in [0, 0.05) is 6.42 Å². The van der Waals surface area contributed by atoms with E-state index in [-0.39, 0.29) is 42.9 Å². The highest BCUT2D eigenvalue weighted by atomic mass is 16.8. The van der Waals surface area contributed by atoms with Crippen molar-refractivity contribution in [1.82, 2.24) is 0 Å². The van der Waals surface area contributed by atoms with Gasteiger partial charge in [-0.15, -0.1) is 0 Å². The summed E-state index contributed by atoms with van der Waals surface area (Å²) in [6.07, 6.45) is -0.670. The maximum Gasteiger partial charge on any atom is 0.308 e. The summed E-state index contributed by atoms with van der Waals surface area (Å²) in [5.74, 6) is -1.43. The maximum absolute atomic E-state index is 11.6. The van der Waals surface area contributed by atoms with Crippen molar-refractivity contribution in [2.24, 2.45) is 0 Å². The highest BCUT2D eigenvalue weighted by molar-refractivity contribution is 5.69. The monoisotopic (exact) mass is 420 g/mol. The third kappa shape index (κ3) is 3.55. The molecule has 1 aromatic rings. The number of aliphatic hydroxyl groups excluding tert-OH is 1. The normalized spacial score (nSPS) is 41.5. The van der Waals surface area contributed by atoms with Crippen molar-refractivity contribution in [1.29, 1.82) is 0 Å². The molecule has 0 saturated carbocycles. The van der Waals surface area contributed by atoms with Crippen LogP contribution in [0, 0.1) is 0 Å². The van der Waals surface area contributed by atoms with E-state index in [1.165, 1.54) is 7.11 Å². The van der Waals surface area contributed by atoms with Gasteiger partial charge in [-0.05, 0) is 18.4 Å². The SMILES string of the molecule is COC(=O)C[C@H]1CCC2O[C@@H]3C4OC(CCOCc5ccccc5)(OC4[C@H]2O1)C3O. The van der Waals surface area contributed by atoms with Gasteiger partial charge in [0.05, 0.1) is 39.0 Å². The van der Waals surface area contributed by atoms with E-state index < -0.39 is 18.0 Å². The van der Waals surface area contributed by atoms with Gasteiger partial charge in [0.2, 0.25) is 0 Å². The lowest BCUT2D eigenvalue weighted by Crippen LogP contribution is -2.65. The molecular weight excluding hydrogens is 392 g/mol. The molecule has 0 radical (unpaired) electrons. The first kappa shape index (κ1) is 20.4. The van der Waals surface area contributed by atoms with Gasteiger partial charge in [-0.1, -0.05) is 30.3 Å². The summed E-state index contributed by atoms with van der Waals surface area (Å²) >= 11 is 0. The van der Waals surface area contributed by atoms with Gasteiger partial charge in [0.25, 0.3) is 0 Å². The lowest BCUT2D eigenvalue weighted by atomic mass is 9.85. The van der Waals surface area contributed by atoms with Crippen LogP contribution in [0.2, 0.25) is 0 Å². The van der Waals surface area contributed by atoms with Crippen LogP contribution in [-0.4, -0.2) is 73.3 Å². The largest absolute Gasteiger partial charge is 0.469 e. The number of fused-ring (bicyclic) bond motifs is 3. The molecule has 4 aliphatic heterocycles. The van der Waals surface area contributed by atoms with Crippen LogP contribution in [0.5, 0.6) is 0 Å². The minimum atomic E-state index is -1.14. The molecule has 4 saturated heterocycles. The molecule has 5 rings (SSSR count). The van der Waals surface area contributed by atoms with Crippen LogP contribution in [0.25, 0.3) is 0 Å². The Bertz CT molecular complexity index is 757. The second-order valence-corrected chi connectivity index (χ2v) is 8.43. The van der Waals surface area contributed by atoms with Crippen LogP contribution < -0.4 is 0 Å². The van der Waals surface area contributed by atoms with Gasteiger partial charge >= 0.3 is 5.97 Å². The molecule has 4 fully saturated rings. The van der Waals surface area contributed by atoms with Gasteiger partial charge in [-0.3, -0.25) is 4.79 Å². The number of aliphatic hydroxyl groups is 1. The number of ether oxygens (including phenoxy) is 6. The van der Waals surface area contributed by atoms with Crippen molar-refractivity contribution in [3.05, 3.63) is 35.9 Å². The molecule has 1 aromatic carbocycles. The van der Waals surface area contributed by atoms with Crippen LogP contribution >= 0.6 is 0 Å². The first-order chi connectivity index (χ1) is 14.6. The molecule has 1 N–H and O–H groups in total. The van der Waals surface area contributed by atoms with E-state index in [9.17, 15) is 9.90 Å². The Morgan fingerprint density at radius 1 is 1.10 bits per heavy atom. The van der Waals surface area contributed by atoms with E-state index in [1.807, 2.05) is 30.3 Å². The predicted octanol–water partition coefficient (Wildman–Crippen LogP) is 1.33. The van der Waals surface area contributed by atoms with E-state index in [0.717, 1.165) is 12.0 Å². The fourth-order valence-electron chi connectivity index (χ4n) is 5.04. The van der Waals surface area contributed by atoms with Crippen molar-refractivity contribution in [2.75, 3.05) is 13.7 Å². The topological polar surface area (TPSA) is 92.7 Å². The summed E-state index contributed by atoms with van der Waals surface area (Å²) in [7, 11) is 1.38. The third-order valence-corrected chi connectivity index (χ3v) is 6.55. The Kier molecular flexibility index (Phi) is 5.55. The van der Waals surface area contributed by atoms with Crippen molar-refractivity contribution < 1.29 is 38.3 Å². The van der Waals surface area contributed by atoms with E-state index in [1.54, 1.807) is 0 Å². The number of carbonyl (C=O) groups excluding carboxylic acids is 1. The number of benzene rings is 1. The Labute approximate surface area is 175 Å². The van der Waals surface area contributed by atoms with Crippen molar-refractivity contribution in [3.8, 4) is 0 Å². The first-order valence-electron chi connectivity index (χ1n) is 10.6. The summed E-state index contributed by atoms with van der Waals surface area (Å²) < 4.78 is 35.3. The first-order valence-corrected chi connectivity index (χ1v) is 10.6. The summed E-state index contributed by atoms with van der Waals surface area (Å²) in [6, 6.07) is 9.92. The number of methoxy groups -OCH3 is 1. The van der Waals surface area contributed by atoms with Crippen LogP contribution in [-0.2, 0) is 39.8 Å². The van der Waals surface area contributed by atoms with Crippen molar-refractivity contribution >= 4 is 5.97 Å². The quantitative estimate of drug-likeness (QED) is 0.522. The standard InChI is InChI=1S/C22H28O8/c1-25-16(23)11-14-7-8-15-17(27-14)18-19-20(28-15)21(24)22(29-18,30-19)9-10-26-12-13-5-3-2-4-6-13/h2-6,14-15,17-21,24H,7-12H2,1H3/t14-,15?,17+,18?,19?,20-,21?,22?/m1/s1. The van der Waals surface area contributed by atoms with Crippen LogP contribution in [0.4, 0.5) is 0 Å². The molecule has 8 nitrogen and oxygen atoms in total. The molecule has 0 amide bonds. The zero-order valence-electron chi connectivity index (χ0n) is 17.0. The zero-order valence-corrected chi connectivity index (χ0v) is 17.0. The number of hydrogen-bond acceptors (Lipinski definition) is 8. The van der Waals surface area contributed by atoms with Gasteiger partial charge in [-0.25, -0.2) is 0 Å². The molecule has 4 heterocycles. The number of carbonyl (C=O) groups is 1. The highest BCUT2D eigenvalue weighted by Crippen LogP contribution is 2.52. The predicted molar refractivity (Wildman–Crippen MR) is 102 cm³/mol. The molecule has 0 aromatic heterocycles. The molecule has 4 aliphatic rings. The molecule has 2 bridgehead atoms. The van der Waals surface area contributed by atoms with E-state index in [4.69, 9.17) is 28.4 Å². The molecule has 0 spiro atoms. The lowest BCUT2D eigenvalue weighted by Gasteiger charge is -2.49. The Morgan fingerprint density at radius 3 is 2.63 bits per heavy atom. The highest BCUT2D eigenvalue weighted by Gasteiger charge is 2.70. The smallest absolute Gasteiger partial charge is 0.308 e. The minimum Gasteiger partial charge on any atom is -0.469 e. The summed E-state index contributed by atoms with van der Waals surface area (Å²) in [6.45, 7) is 0.876. The Morgan fingerprint density at radius 2 is 1.87 bits per heavy atom. The van der Waals surface area contributed by atoms with E-state index in [2.05, 4.69) is 0 Å². The Hall–Kier alpha value is -1.55. The fourth-order valence-corrected chi connectivity index (χ4v) is 5.04. The van der Waals surface area contributed by atoms with Crippen molar-refractivity contribution in [3.63, 3.8) is 0 Å². The van der Waals surface area contributed by atoms with Crippen molar-refractivity contribution in [2.45, 2.75) is 80.8 Å². The second-order valence-electron chi connectivity index (χ2n) is 8.43. The number of hydrogen-bond donors (Lipinski definition) is 1. The van der Waals surface area contributed by atoms with Crippen LogP contribution in [0.1, 0.15) is 31.2 Å². The number of esters is 1. The lowest BCUT2D eigenvalue weighted by molar-refractivity contribution is -0.301.